The average Bonchev–Trinajstić information content (AvgIpc) is 2.26. The van der Waals surface area contributed by atoms with Gasteiger partial charge in [-0.3, -0.25) is 4.79 Å². The van der Waals surface area contributed by atoms with Crippen molar-refractivity contribution in [3.63, 3.8) is 0 Å². The predicted octanol–water partition coefficient (Wildman–Crippen LogP) is 0.440. The number of hydrogen-bond acceptors (Lipinski definition) is 3. The number of rotatable bonds is 5. The zero-order chi connectivity index (χ0) is 11.3. The molecule has 0 fully saturated rings. The van der Waals surface area contributed by atoms with Crippen molar-refractivity contribution < 1.29 is 9.53 Å². The maximum Gasteiger partial charge on any atom is 0.237 e. The Morgan fingerprint density at radius 1 is 1.40 bits per heavy atom. The van der Waals surface area contributed by atoms with Gasteiger partial charge in [-0.1, -0.05) is 19.1 Å². The molecule has 4 heteroatoms. The molecule has 0 bridgehead atoms. The number of hydrogen-bond donors (Lipinski definition) is 2. The first-order chi connectivity index (χ1) is 7.13. The third-order valence-electron chi connectivity index (χ3n) is 2.13. The molecule has 0 spiro atoms. The summed E-state index contributed by atoms with van der Waals surface area (Å²) in [6.07, 6.45) is 0.987. The Bertz CT molecular complexity index is 322. The van der Waals surface area contributed by atoms with Crippen molar-refractivity contribution >= 4 is 5.91 Å². The molecule has 0 heterocycles. The normalized spacial score (nSPS) is 12.1. The summed E-state index contributed by atoms with van der Waals surface area (Å²) in [5, 5.41) is 0. The zero-order valence-electron chi connectivity index (χ0n) is 8.77. The van der Waals surface area contributed by atoms with Crippen LogP contribution in [0, 0.1) is 0 Å². The molecule has 4 N–H and O–H groups in total. The molecule has 1 atom stereocenters. The number of carbonyl (C=O) groups excluding carboxylic acids is 1. The first-order valence-corrected chi connectivity index (χ1v) is 4.90. The second-order valence-electron chi connectivity index (χ2n) is 3.32. The Morgan fingerprint density at radius 3 is 2.47 bits per heavy atom. The van der Waals surface area contributed by atoms with Gasteiger partial charge in [-0.25, -0.2) is 0 Å². The number of nitrogens with two attached hydrogens (primary N) is 2. The van der Waals surface area contributed by atoms with E-state index in [1.165, 1.54) is 5.56 Å². The van der Waals surface area contributed by atoms with Crippen LogP contribution in [0.2, 0.25) is 0 Å². The van der Waals surface area contributed by atoms with Crippen LogP contribution in [-0.4, -0.2) is 18.6 Å². The van der Waals surface area contributed by atoms with Gasteiger partial charge >= 0.3 is 0 Å². The molecule has 1 amide bonds. The number of ether oxygens (including phenoxy) is 1. The summed E-state index contributed by atoms with van der Waals surface area (Å²) in [5.41, 5.74) is 11.7. The van der Waals surface area contributed by atoms with E-state index >= 15 is 0 Å². The van der Waals surface area contributed by atoms with Crippen LogP contribution in [0.15, 0.2) is 24.3 Å². The average molecular weight is 208 g/mol. The van der Waals surface area contributed by atoms with Crippen molar-refractivity contribution in [2.45, 2.75) is 19.4 Å². The second kappa shape index (κ2) is 5.36. The molecule has 0 saturated heterocycles. The largest absolute Gasteiger partial charge is 0.491 e. The van der Waals surface area contributed by atoms with E-state index in [0.717, 1.165) is 6.42 Å². The minimum Gasteiger partial charge on any atom is -0.491 e. The highest BCUT2D eigenvalue weighted by molar-refractivity contribution is 5.79. The summed E-state index contributed by atoms with van der Waals surface area (Å²) in [6, 6.07) is 6.91. The van der Waals surface area contributed by atoms with Crippen LogP contribution in [0.4, 0.5) is 0 Å². The van der Waals surface area contributed by atoms with Crippen LogP contribution in [0.5, 0.6) is 5.75 Å². The highest BCUT2D eigenvalue weighted by Crippen LogP contribution is 2.12. The van der Waals surface area contributed by atoms with Gasteiger partial charge in [0, 0.05) is 0 Å². The summed E-state index contributed by atoms with van der Waals surface area (Å²) in [7, 11) is 0. The molecule has 4 nitrogen and oxygen atoms in total. The van der Waals surface area contributed by atoms with Crippen LogP contribution in [0.1, 0.15) is 12.5 Å². The van der Waals surface area contributed by atoms with E-state index < -0.39 is 11.9 Å². The van der Waals surface area contributed by atoms with Gasteiger partial charge in [0.1, 0.15) is 18.4 Å². The van der Waals surface area contributed by atoms with Gasteiger partial charge in [0.15, 0.2) is 0 Å². The maximum absolute atomic E-state index is 10.6. The molecule has 0 saturated carbocycles. The van der Waals surface area contributed by atoms with Crippen LogP contribution in [0.25, 0.3) is 0 Å². The molecule has 0 aromatic heterocycles. The number of carbonyl (C=O) groups is 1. The van der Waals surface area contributed by atoms with Crippen molar-refractivity contribution in [1.29, 1.82) is 0 Å². The fraction of sp³-hybridized carbons (Fsp3) is 0.364. The van der Waals surface area contributed by atoms with Crippen LogP contribution in [-0.2, 0) is 11.2 Å². The lowest BCUT2D eigenvalue weighted by atomic mass is 10.2. The molecule has 0 aliphatic rings. The van der Waals surface area contributed by atoms with Crippen LogP contribution in [0.3, 0.4) is 0 Å². The Balaban J connectivity index is 2.47. The van der Waals surface area contributed by atoms with E-state index in [1.54, 1.807) is 0 Å². The summed E-state index contributed by atoms with van der Waals surface area (Å²) in [4.78, 5) is 10.6. The third-order valence-corrected chi connectivity index (χ3v) is 2.13. The second-order valence-corrected chi connectivity index (χ2v) is 3.32. The molecular weight excluding hydrogens is 192 g/mol. The van der Waals surface area contributed by atoms with Crippen molar-refractivity contribution in [2.24, 2.45) is 11.5 Å². The quantitative estimate of drug-likeness (QED) is 0.737. The van der Waals surface area contributed by atoms with Gasteiger partial charge in [-0.05, 0) is 24.1 Å². The van der Waals surface area contributed by atoms with E-state index in [1.807, 2.05) is 24.3 Å². The molecule has 15 heavy (non-hydrogen) atoms. The van der Waals surface area contributed by atoms with E-state index in [9.17, 15) is 4.79 Å². The van der Waals surface area contributed by atoms with E-state index in [4.69, 9.17) is 16.2 Å². The van der Waals surface area contributed by atoms with E-state index in [0.29, 0.717) is 5.75 Å². The van der Waals surface area contributed by atoms with Gasteiger partial charge in [0.05, 0.1) is 0 Å². The molecule has 1 aromatic carbocycles. The van der Waals surface area contributed by atoms with E-state index in [-0.39, 0.29) is 6.61 Å². The number of amides is 1. The minimum atomic E-state index is -0.754. The number of aryl methyl sites for hydroxylation is 1. The summed E-state index contributed by atoms with van der Waals surface area (Å²) < 4.78 is 5.30. The van der Waals surface area contributed by atoms with Crippen molar-refractivity contribution in [2.75, 3.05) is 6.61 Å². The lowest BCUT2D eigenvalue weighted by molar-refractivity contribution is -0.119. The minimum absolute atomic E-state index is 0.112. The summed E-state index contributed by atoms with van der Waals surface area (Å²) >= 11 is 0. The Labute approximate surface area is 89.2 Å². The van der Waals surface area contributed by atoms with E-state index in [2.05, 4.69) is 6.92 Å². The molecule has 1 rings (SSSR count). The maximum atomic E-state index is 10.6. The molecular formula is C11H16N2O2. The lowest BCUT2D eigenvalue weighted by Crippen LogP contribution is -2.41. The first-order valence-electron chi connectivity index (χ1n) is 4.90. The molecule has 1 aromatic rings. The van der Waals surface area contributed by atoms with Crippen LogP contribution < -0.4 is 16.2 Å². The highest BCUT2D eigenvalue weighted by atomic mass is 16.5. The lowest BCUT2D eigenvalue weighted by Gasteiger charge is -2.10. The molecule has 82 valence electrons. The first kappa shape index (κ1) is 11.5. The smallest absolute Gasteiger partial charge is 0.237 e. The standard InChI is InChI=1S/C11H16N2O2/c1-2-8-3-5-9(6-4-8)15-7-10(12)11(13)14/h3-6,10H,2,7,12H2,1H3,(H2,13,14). The molecule has 1 unspecified atom stereocenters. The Kier molecular flexibility index (Phi) is 4.12. The van der Waals surface area contributed by atoms with Gasteiger partial charge in [-0.15, -0.1) is 0 Å². The Morgan fingerprint density at radius 2 is 2.00 bits per heavy atom. The van der Waals surface area contributed by atoms with Crippen LogP contribution >= 0.6 is 0 Å². The predicted molar refractivity (Wildman–Crippen MR) is 58.5 cm³/mol. The third kappa shape index (κ3) is 3.59. The summed E-state index contributed by atoms with van der Waals surface area (Å²) in [6.45, 7) is 2.19. The van der Waals surface area contributed by atoms with Gasteiger partial charge in [0.25, 0.3) is 0 Å². The fourth-order valence-electron chi connectivity index (χ4n) is 1.09. The highest BCUT2D eigenvalue weighted by Gasteiger charge is 2.09. The number of benzene rings is 1. The van der Waals surface area contributed by atoms with Crippen molar-refractivity contribution in [1.82, 2.24) is 0 Å². The van der Waals surface area contributed by atoms with Gasteiger partial charge in [0.2, 0.25) is 5.91 Å². The molecule has 0 aliphatic heterocycles. The molecule has 0 aliphatic carbocycles. The zero-order valence-corrected chi connectivity index (χ0v) is 8.77. The SMILES string of the molecule is CCc1ccc(OCC(N)C(N)=O)cc1. The fourth-order valence-corrected chi connectivity index (χ4v) is 1.09. The van der Waals surface area contributed by atoms with Gasteiger partial charge < -0.3 is 16.2 Å². The summed E-state index contributed by atoms with van der Waals surface area (Å²) in [5.74, 6) is 0.143. The topological polar surface area (TPSA) is 78.3 Å². The monoisotopic (exact) mass is 208 g/mol. The molecule has 0 radical (unpaired) electrons. The van der Waals surface area contributed by atoms with Crippen molar-refractivity contribution in [3.05, 3.63) is 29.8 Å². The number of primary amides is 1. The van der Waals surface area contributed by atoms with Crippen molar-refractivity contribution in [3.8, 4) is 5.75 Å². The Hall–Kier alpha value is -1.55. The van der Waals surface area contributed by atoms with Gasteiger partial charge in [-0.2, -0.15) is 0 Å².